The SMILES string of the molecule is CC1(C)c2ccccc2-c2ccc(-c3ccc4sc5ccc(-c6ccc(N(c7ccc(-c8ccccc8)cc7)c7ccc(-c8ccccc8)cc7)cc6)cc5c4c3)cc21. The van der Waals surface area contributed by atoms with Gasteiger partial charge in [-0.25, -0.2) is 0 Å². The Bertz CT molecular complexity index is 3060. The number of nitrogens with zero attached hydrogens (tertiary/aromatic N) is 1. The molecule has 59 heavy (non-hydrogen) atoms. The first kappa shape index (κ1) is 35.2. The van der Waals surface area contributed by atoms with Gasteiger partial charge in [0, 0.05) is 42.6 Å². The highest BCUT2D eigenvalue weighted by Gasteiger charge is 2.35. The first-order valence-corrected chi connectivity index (χ1v) is 21.2. The van der Waals surface area contributed by atoms with Crippen LogP contribution in [0.2, 0.25) is 0 Å². The Morgan fingerprint density at radius 3 is 1.22 bits per heavy atom. The van der Waals surface area contributed by atoms with Gasteiger partial charge in [-0.3, -0.25) is 0 Å². The summed E-state index contributed by atoms with van der Waals surface area (Å²) in [6.45, 7) is 4.71. The Balaban J connectivity index is 0.936. The summed E-state index contributed by atoms with van der Waals surface area (Å²) < 4.78 is 2.63. The van der Waals surface area contributed by atoms with Crippen LogP contribution >= 0.6 is 11.3 Å². The largest absolute Gasteiger partial charge is 0.311 e. The monoisotopic (exact) mass is 771 g/mol. The minimum Gasteiger partial charge on any atom is -0.311 e. The first-order valence-electron chi connectivity index (χ1n) is 20.4. The molecule has 0 atom stereocenters. The maximum Gasteiger partial charge on any atom is 0.0462 e. The van der Waals surface area contributed by atoms with Crippen molar-refractivity contribution in [2.75, 3.05) is 4.90 Å². The minimum absolute atomic E-state index is 0.0252. The Morgan fingerprint density at radius 2 is 0.695 bits per heavy atom. The van der Waals surface area contributed by atoms with E-state index in [1.54, 1.807) is 0 Å². The van der Waals surface area contributed by atoms with Crippen LogP contribution in [0.25, 0.3) is 75.8 Å². The van der Waals surface area contributed by atoms with Crippen molar-refractivity contribution in [3.8, 4) is 55.6 Å². The van der Waals surface area contributed by atoms with Crippen molar-refractivity contribution in [2.24, 2.45) is 0 Å². The van der Waals surface area contributed by atoms with Gasteiger partial charge in [-0.15, -0.1) is 11.3 Å². The fraction of sp³-hybridized carbons (Fsp3) is 0.0526. The van der Waals surface area contributed by atoms with E-state index >= 15 is 0 Å². The summed E-state index contributed by atoms with van der Waals surface area (Å²) in [5.41, 5.74) is 18.6. The molecule has 0 saturated heterocycles. The molecule has 280 valence electrons. The van der Waals surface area contributed by atoms with Gasteiger partial charge in [0.05, 0.1) is 0 Å². The van der Waals surface area contributed by atoms with Crippen molar-refractivity contribution in [3.63, 3.8) is 0 Å². The summed E-state index contributed by atoms with van der Waals surface area (Å²) in [7, 11) is 0. The predicted octanol–water partition coefficient (Wildman–Crippen LogP) is 16.5. The predicted molar refractivity (Wildman–Crippen MR) is 253 cm³/mol. The highest BCUT2D eigenvalue weighted by atomic mass is 32.1. The topological polar surface area (TPSA) is 3.24 Å². The standard InChI is InChI=1S/C57H41NS/c1-57(2)53-16-10-9-15-49(53)50-32-23-45(37-54(50)57)44-25-34-56-52(36-44)51-35-43(24-33-55(51)59-56)42-21-30-48(31-22-42)58(46-26-17-40(18-27-46)38-11-5-3-6-12-38)47-28-19-41(20-29-47)39-13-7-4-8-14-39/h3-37H,1-2H3. The van der Waals surface area contributed by atoms with E-state index in [0.717, 1.165) is 17.1 Å². The molecule has 10 aromatic rings. The fourth-order valence-electron chi connectivity index (χ4n) is 9.14. The molecule has 1 nitrogen and oxygen atoms in total. The first-order chi connectivity index (χ1) is 29.0. The fourth-order valence-corrected chi connectivity index (χ4v) is 10.2. The summed E-state index contributed by atoms with van der Waals surface area (Å²) in [6.07, 6.45) is 0. The van der Waals surface area contributed by atoms with E-state index in [2.05, 4.69) is 231 Å². The van der Waals surface area contributed by atoms with Crippen LogP contribution in [0.5, 0.6) is 0 Å². The second-order valence-corrected chi connectivity index (χ2v) is 17.2. The molecule has 2 heteroatoms. The summed E-state index contributed by atoms with van der Waals surface area (Å²) in [6, 6.07) is 77.9. The van der Waals surface area contributed by atoms with Gasteiger partial charge in [-0.05, 0) is 133 Å². The molecule has 11 rings (SSSR count). The zero-order valence-electron chi connectivity index (χ0n) is 33.1. The van der Waals surface area contributed by atoms with Crippen molar-refractivity contribution in [2.45, 2.75) is 19.3 Å². The molecule has 0 unspecified atom stereocenters. The van der Waals surface area contributed by atoms with Crippen molar-refractivity contribution in [1.82, 2.24) is 0 Å². The van der Waals surface area contributed by atoms with Crippen molar-refractivity contribution in [3.05, 3.63) is 223 Å². The van der Waals surface area contributed by atoms with Crippen LogP contribution in [0.3, 0.4) is 0 Å². The lowest BCUT2D eigenvalue weighted by atomic mass is 9.81. The third kappa shape index (κ3) is 6.16. The van der Waals surface area contributed by atoms with Crippen LogP contribution in [-0.4, -0.2) is 0 Å². The Labute approximate surface area is 350 Å². The molecule has 9 aromatic carbocycles. The van der Waals surface area contributed by atoms with Gasteiger partial charge >= 0.3 is 0 Å². The van der Waals surface area contributed by atoms with Crippen molar-refractivity contribution in [1.29, 1.82) is 0 Å². The van der Waals surface area contributed by atoms with Crippen molar-refractivity contribution < 1.29 is 0 Å². The summed E-state index contributed by atoms with van der Waals surface area (Å²) in [5.74, 6) is 0. The molecule has 0 radical (unpaired) electrons. The van der Waals surface area contributed by atoms with Gasteiger partial charge < -0.3 is 4.90 Å². The van der Waals surface area contributed by atoms with E-state index in [4.69, 9.17) is 0 Å². The van der Waals surface area contributed by atoms with Crippen molar-refractivity contribution >= 4 is 48.6 Å². The molecule has 0 fully saturated rings. The Kier molecular flexibility index (Phi) is 8.43. The highest BCUT2D eigenvalue weighted by molar-refractivity contribution is 7.25. The van der Waals surface area contributed by atoms with E-state index in [-0.39, 0.29) is 5.41 Å². The zero-order valence-corrected chi connectivity index (χ0v) is 33.9. The number of thiophene rings is 1. The Hall–Kier alpha value is -7.00. The quantitative estimate of drug-likeness (QED) is 0.156. The van der Waals surface area contributed by atoms with E-state index in [1.807, 2.05) is 11.3 Å². The molecule has 1 aromatic heterocycles. The van der Waals surface area contributed by atoms with Gasteiger partial charge in [0.15, 0.2) is 0 Å². The van der Waals surface area contributed by atoms with Crippen LogP contribution in [0.4, 0.5) is 17.1 Å². The van der Waals surface area contributed by atoms with Gasteiger partial charge in [-0.1, -0.05) is 159 Å². The molecule has 1 aliphatic rings. The number of benzene rings is 9. The van der Waals surface area contributed by atoms with Crippen LogP contribution in [0, 0.1) is 0 Å². The zero-order chi connectivity index (χ0) is 39.5. The summed E-state index contributed by atoms with van der Waals surface area (Å²) >= 11 is 1.87. The molecular weight excluding hydrogens is 731 g/mol. The lowest BCUT2D eigenvalue weighted by Gasteiger charge is -2.26. The van der Waals surface area contributed by atoms with E-state index in [0.29, 0.717) is 0 Å². The molecule has 0 saturated carbocycles. The second-order valence-electron chi connectivity index (χ2n) is 16.2. The number of anilines is 3. The molecule has 1 aliphatic carbocycles. The third-order valence-corrected chi connectivity index (χ3v) is 13.5. The normalized spacial score (nSPS) is 12.7. The van der Waals surface area contributed by atoms with Gasteiger partial charge in [0.2, 0.25) is 0 Å². The molecule has 0 spiro atoms. The van der Waals surface area contributed by atoms with Gasteiger partial charge in [0.1, 0.15) is 0 Å². The van der Waals surface area contributed by atoms with E-state index in [9.17, 15) is 0 Å². The maximum atomic E-state index is 2.43. The summed E-state index contributed by atoms with van der Waals surface area (Å²) in [5, 5.41) is 2.62. The number of rotatable bonds is 7. The number of hydrogen-bond acceptors (Lipinski definition) is 2. The van der Waals surface area contributed by atoms with Gasteiger partial charge in [-0.2, -0.15) is 0 Å². The molecule has 1 heterocycles. The number of fused-ring (bicyclic) bond motifs is 6. The van der Waals surface area contributed by atoms with Crippen LogP contribution in [0.1, 0.15) is 25.0 Å². The second kappa shape index (κ2) is 14.1. The molecular formula is C57H41NS. The lowest BCUT2D eigenvalue weighted by Crippen LogP contribution is -2.14. The van der Waals surface area contributed by atoms with Crippen LogP contribution in [0.15, 0.2) is 212 Å². The van der Waals surface area contributed by atoms with Crippen LogP contribution < -0.4 is 4.90 Å². The van der Waals surface area contributed by atoms with Gasteiger partial charge in [0.25, 0.3) is 0 Å². The molecule has 0 N–H and O–H groups in total. The highest BCUT2D eigenvalue weighted by Crippen LogP contribution is 2.50. The van der Waals surface area contributed by atoms with E-state index < -0.39 is 0 Å². The minimum atomic E-state index is -0.0252. The summed E-state index contributed by atoms with van der Waals surface area (Å²) in [4.78, 5) is 2.35. The molecule has 0 aliphatic heterocycles. The molecule has 0 bridgehead atoms. The average Bonchev–Trinajstić information content (AvgIpc) is 3.78. The molecule has 0 amide bonds. The third-order valence-electron chi connectivity index (χ3n) is 12.3. The smallest absolute Gasteiger partial charge is 0.0462 e. The Morgan fingerprint density at radius 1 is 0.322 bits per heavy atom. The maximum absolute atomic E-state index is 2.43. The van der Waals surface area contributed by atoms with Crippen LogP contribution in [-0.2, 0) is 5.41 Å². The number of hydrogen-bond donors (Lipinski definition) is 0. The van der Waals surface area contributed by atoms with E-state index in [1.165, 1.54) is 86.9 Å². The lowest BCUT2D eigenvalue weighted by molar-refractivity contribution is 0.660. The average molecular weight is 772 g/mol.